The molecule has 2 heterocycles. The number of ether oxygens (including phenoxy) is 2. The van der Waals surface area contributed by atoms with E-state index in [-0.39, 0.29) is 6.79 Å². The summed E-state index contributed by atoms with van der Waals surface area (Å²) in [5, 5.41) is 0. The van der Waals surface area contributed by atoms with Crippen molar-refractivity contribution in [2.75, 3.05) is 6.79 Å². The lowest BCUT2D eigenvalue weighted by Gasteiger charge is -1.98. The predicted octanol–water partition coefficient (Wildman–Crippen LogP) is 4.71. The van der Waals surface area contributed by atoms with Gasteiger partial charge in [-0.25, -0.2) is 4.98 Å². The molecule has 0 saturated carbocycles. The second-order valence-corrected chi connectivity index (χ2v) is 6.02. The van der Waals surface area contributed by atoms with Gasteiger partial charge in [0, 0.05) is 11.8 Å². The first-order valence-corrected chi connectivity index (χ1v) is 8.34. The van der Waals surface area contributed by atoms with Crippen LogP contribution in [0.3, 0.4) is 0 Å². The Hall–Kier alpha value is -3.60. The van der Waals surface area contributed by atoms with E-state index in [2.05, 4.69) is 15.0 Å². The highest BCUT2D eigenvalue weighted by Gasteiger charge is 2.12. The molecule has 0 radical (unpaired) electrons. The van der Waals surface area contributed by atoms with Gasteiger partial charge in [0.1, 0.15) is 5.82 Å². The van der Waals surface area contributed by atoms with Gasteiger partial charge in [-0.1, -0.05) is 30.3 Å². The molecule has 3 aromatic carbocycles. The number of hydrogen-bond donors (Lipinski definition) is 1. The third kappa shape index (κ3) is 2.69. The van der Waals surface area contributed by atoms with Crippen molar-refractivity contribution in [3.05, 3.63) is 72.3 Å². The Balaban J connectivity index is 1.44. The number of hydrogen-bond acceptors (Lipinski definition) is 4. The van der Waals surface area contributed by atoms with Crippen LogP contribution in [0.15, 0.2) is 71.7 Å². The Morgan fingerprint density at radius 3 is 2.73 bits per heavy atom. The highest BCUT2D eigenvalue weighted by atomic mass is 16.7. The lowest BCUT2D eigenvalue weighted by atomic mass is 10.2. The monoisotopic (exact) mass is 341 g/mol. The number of benzene rings is 3. The first-order chi connectivity index (χ1) is 12.8. The normalized spacial score (nSPS) is 12.9. The Morgan fingerprint density at radius 2 is 1.81 bits per heavy atom. The van der Waals surface area contributed by atoms with Crippen LogP contribution >= 0.6 is 0 Å². The summed E-state index contributed by atoms with van der Waals surface area (Å²) in [6, 6.07) is 21.8. The van der Waals surface area contributed by atoms with Gasteiger partial charge in [-0.15, -0.1) is 0 Å². The van der Waals surface area contributed by atoms with Crippen molar-refractivity contribution in [3.8, 4) is 22.9 Å². The smallest absolute Gasteiger partial charge is 0.231 e. The second-order valence-electron chi connectivity index (χ2n) is 6.02. The van der Waals surface area contributed by atoms with Crippen LogP contribution in [0.2, 0.25) is 0 Å². The van der Waals surface area contributed by atoms with Gasteiger partial charge < -0.3 is 14.5 Å². The fourth-order valence-electron chi connectivity index (χ4n) is 2.95. The molecule has 1 aromatic heterocycles. The molecule has 0 fully saturated rings. The van der Waals surface area contributed by atoms with Gasteiger partial charge in [0.2, 0.25) is 6.79 Å². The van der Waals surface area contributed by atoms with Crippen molar-refractivity contribution in [1.29, 1.82) is 0 Å². The summed E-state index contributed by atoms with van der Waals surface area (Å²) in [6.07, 6.45) is 1.82. The van der Waals surface area contributed by atoms with E-state index >= 15 is 0 Å². The molecule has 26 heavy (non-hydrogen) atoms. The van der Waals surface area contributed by atoms with Crippen LogP contribution in [0.4, 0.5) is 5.69 Å². The maximum absolute atomic E-state index is 5.40. The van der Waals surface area contributed by atoms with Crippen LogP contribution in [0.1, 0.15) is 5.56 Å². The minimum atomic E-state index is 0.274. The van der Waals surface area contributed by atoms with Gasteiger partial charge in [-0.3, -0.25) is 4.99 Å². The fraction of sp³-hybridized carbons (Fsp3) is 0.0476. The molecule has 0 bridgehead atoms. The highest BCUT2D eigenvalue weighted by molar-refractivity contribution is 5.86. The minimum absolute atomic E-state index is 0.274. The molecule has 0 unspecified atom stereocenters. The zero-order valence-corrected chi connectivity index (χ0v) is 13.8. The molecule has 4 aromatic rings. The third-order valence-electron chi connectivity index (χ3n) is 4.27. The molecule has 126 valence electrons. The molecular formula is C21H15N3O2. The molecule has 0 aliphatic carbocycles. The average molecular weight is 341 g/mol. The van der Waals surface area contributed by atoms with Crippen molar-refractivity contribution in [2.45, 2.75) is 0 Å². The van der Waals surface area contributed by atoms with Gasteiger partial charge in [0.15, 0.2) is 11.5 Å². The zero-order valence-electron chi connectivity index (χ0n) is 13.8. The quantitative estimate of drug-likeness (QED) is 0.549. The van der Waals surface area contributed by atoms with E-state index < -0.39 is 0 Å². The lowest BCUT2D eigenvalue weighted by molar-refractivity contribution is 0.174. The number of aromatic nitrogens is 2. The molecule has 5 nitrogen and oxygen atoms in total. The van der Waals surface area contributed by atoms with Crippen LogP contribution in [0.25, 0.3) is 22.4 Å². The van der Waals surface area contributed by atoms with Crippen molar-refractivity contribution >= 4 is 22.9 Å². The van der Waals surface area contributed by atoms with Crippen LogP contribution in [-0.2, 0) is 0 Å². The van der Waals surface area contributed by atoms with E-state index in [1.54, 1.807) is 0 Å². The van der Waals surface area contributed by atoms with E-state index in [9.17, 15) is 0 Å². The van der Waals surface area contributed by atoms with Crippen molar-refractivity contribution in [1.82, 2.24) is 9.97 Å². The average Bonchev–Trinajstić information content (AvgIpc) is 3.33. The number of imidazole rings is 1. The van der Waals surface area contributed by atoms with Crippen LogP contribution < -0.4 is 9.47 Å². The Kier molecular flexibility index (Phi) is 3.42. The molecule has 1 aliphatic heterocycles. The lowest BCUT2D eigenvalue weighted by Crippen LogP contribution is -1.92. The Labute approximate surface area is 150 Å². The number of aromatic amines is 1. The number of fused-ring (bicyclic) bond motifs is 2. The van der Waals surface area contributed by atoms with Gasteiger partial charge in [-0.2, -0.15) is 0 Å². The van der Waals surface area contributed by atoms with Gasteiger partial charge in [-0.05, 0) is 42.0 Å². The van der Waals surface area contributed by atoms with Crippen LogP contribution in [0.5, 0.6) is 11.5 Å². The summed E-state index contributed by atoms with van der Waals surface area (Å²) >= 11 is 0. The first kappa shape index (κ1) is 14.7. The summed E-state index contributed by atoms with van der Waals surface area (Å²) in [5.41, 5.74) is 4.77. The number of aliphatic imine (C=N–C) groups is 1. The Morgan fingerprint density at radius 1 is 0.923 bits per heavy atom. The third-order valence-corrected chi connectivity index (χ3v) is 4.27. The molecule has 0 atom stereocenters. The fourth-order valence-corrected chi connectivity index (χ4v) is 2.95. The predicted molar refractivity (Wildman–Crippen MR) is 101 cm³/mol. The van der Waals surface area contributed by atoms with Crippen LogP contribution in [0, 0.1) is 0 Å². The maximum atomic E-state index is 5.40. The summed E-state index contributed by atoms with van der Waals surface area (Å²) in [7, 11) is 0. The maximum Gasteiger partial charge on any atom is 0.231 e. The van der Waals surface area contributed by atoms with E-state index in [1.807, 2.05) is 72.9 Å². The zero-order chi connectivity index (χ0) is 17.3. The molecule has 0 spiro atoms. The van der Waals surface area contributed by atoms with Crippen molar-refractivity contribution < 1.29 is 9.47 Å². The van der Waals surface area contributed by atoms with Gasteiger partial charge in [0.05, 0.1) is 16.7 Å². The first-order valence-electron chi connectivity index (χ1n) is 8.34. The largest absolute Gasteiger partial charge is 0.454 e. The molecule has 0 saturated heterocycles. The van der Waals surface area contributed by atoms with E-state index in [0.29, 0.717) is 0 Å². The molecule has 0 amide bonds. The summed E-state index contributed by atoms with van der Waals surface area (Å²) < 4.78 is 10.7. The number of nitrogens with one attached hydrogen (secondary N) is 1. The van der Waals surface area contributed by atoms with Gasteiger partial charge >= 0.3 is 0 Å². The number of H-pyrrole nitrogens is 1. The summed E-state index contributed by atoms with van der Waals surface area (Å²) in [4.78, 5) is 12.6. The van der Waals surface area contributed by atoms with E-state index in [0.717, 1.165) is 45.2 Å². The second kappa shape index (κ2) is 6.04. The minimum Gasteiger partial charge on any atom is -0.454 e. The van der Waals surface area contributed by atoms with Crippen molar-refractivity contribution in [2.24, 2.45) is 4.99 Å². The van der Waals surface area contributed by atoms with E-state index in [4.69, 9.17) is 9.47 Å². The number of nitrogens with zero attached hydrogens (tertiary/aromatic N) is 2. The van der Waals surface area contributed by atoms with E-state index in [1.165, 1.54) is 0 Å². The Bertz CT molecular complexity index is 1120. The SMILES string of the molecule is C(=Nc1ccc2nc(-c3ccccc3)[nH]c2c1)c1ccc2c(c1)OCO2. The molecule has 5 heteroatoms. The van der Waals surface area contributed by atoms with Gasteiger partial charge in [0.25, 0.3) is 0 Å². The topological polar surface area (TPSA) is 59.5 Å². The molecule has 1 aliphatic rings. The standard InChI is InChI=1S/C21H15N3O2/c1-2-4-15(5-3-1)21-23-17-8-7-16(11-18(17)24-21)22-12-14-6-9-19-20(10-14)26-13-25-19/h1-12H,13H2,(H,23,24). The highest BCUT2D eigenvalue weighted by Crippen LogP contribution is 2.32. The number of rotatable bonds is 3. The van der Waals surface area contributed by atoms with Crippen molar-refractivity contribution in [3.63, 3.8) is 0 Å². The molecule has 1 N–H and O–H groups in total. The molecular weight excluding hydrogens is 326 g/mol. The summed E-state index contributed by atoms with van der Waals surface area (Å²) in [5.74, 6) is 2.39. The summed E-state index contributed by atoms with van der Waals surface area (Å²) in [6.45, 7) is 0.274. The molecule has 5 rings (SSSR count). The van der Waals surface area contributed by atoms with Crippen LogP contribution in [-0.4, -0.2) is 23.0 Å².